The van der Waals surface area contributed by atoms with E-state index in [2.05, 4.69) is 17.0 Å². The molecule has 2 fully saturated rings. The van der Waals surface area contributed by atoms with Crippen LogP contribution in [-0.2, 0) is 18.9 Å². The lowest BCUT2D eigenvalue weighted by Gasteiger charge is -2.22. The zero-order chi connectivity index (χ0) is 30.4. The first-order valence-electron chi connectivity index (χ1n) is 13.0. The highest BCUT2D eigenvalue weighted by Crippen LogP contribution is 2.23. The van der Waals surface area contributed by atoms with Gasteiger partial charge in [-0.15, -0.1) is 0 Å². The molecule has 3 heterocycles. The normalized spacial score (nSPS) is 15.8. The molecule has 3 aromatic rings. The van der Waals surface area contributed by atoms with Crippen molar-refractivity contribution < 1.29 is 14.4 Å². The average Bonchev–Trinajstić information content (AvgIpc) is 3.41. The van der Waals surface area contributed by atoms with Gasteiger partial charge in [-0.25, -0.2) is 14.4 Å². The first-order chi connectivity index (χ1) is 18.6. The quantitative estimate of drug-likeness (QED) is 0.432. The minimum Gasteiger partial charge on any atom is -0.378 e. The summed E-state index contributed by atoms with van der Waals surface area (Å²) in [4.78, 5) is 52.7. The van der Waals surface area contributed by atoms with Gasteiger partial charge in [0.1, 0.15) is 5.54 Å². The number of hydrogen-bond acceptors (Lipinski definition) is 5. The van der Waals surface area contributed by atoms with E-state index in [4.69, 9.17) is 0 Å². The number of urea groups is 2. The highest BCUT2D eigenvalue weighted by Gasteiger charge is 2.47. The summed E-state index contributed by atoms with van der Waals surface area (Å²) in [5.41, 5.74) is 2.55. The van der Waals surface area contributed by atoms with Crippen LogP contribution in [0.5, 0.6) is 0 Å². The van der Waals surface area contributed by atoms with E-state index < -0.39 is 5.54 Å². The van der Waals surface area contributed by atoms with Crippen molar-refractivity contribution in [2.75, 3.05) is 60.3 Å². The number of anilines is 1. The fourth-order valence-corrected chi connectivity index (χ4v) is 4.08. The Labute approximate surface area is 236 Å². The number of aryl methyl sites for hydroxylation is 2. The molecule has 218 valence electrons. The maximum atomic E-state index is 11.4. The van der Waals surface area contributed by atoms with Gasteiger partial charge in [-0.1, -0.05) is 30.3 Å². The molecule has 2 aliphatic rings. The smallest absolute Gasteiger partial charge is 0.328 e. The molecule has 0 radical (unpaired) electrons. The van der Waals surface area contributed by atoms with Gasteiger partial charge in [0, 0.05) is 75.2 Å². The lowest BCUT2D eigenvalue weighted by Crippen LogP contribution is -2.41. The van der Waals surface area contributed by atoms with E-state index in [-0.39, 0.29) is 23.7 Å². The summed E-state index contributed by atoms with van der Waals surface area (Å²) >= 11 is 0. The Kier molecular flexibility index (Phi) is 10.5. The third-order valence-electron chi connectivity index (χ3n) is 7.12. The van der Waals surface area contributed by atoms with E-state index in [1.807, 2.05) is 70.7 Å². The topological polar surface area (TPSA) is 94.3 Å². The molecule has 0 atom stereocenters. The molecule has 2 aromatic carbocycles. The van der Waals surface area contributed by atoms with Crippen molar-refractivity contribution in [1.82, 2.24) is 28.7 Å². The molecule has 0 unspecified atom stereocenters. The molecule has 2 aliphatic heterocycles. The molecule has 0 aliphatic carbocycles. The monoisotopic (exact) mass is 553 g/mol. The number of carbonyl (C=O) groups excluding carboxylic acids is 3. The third-order valence-corrected chi connectivity index (χ3v) is 7.12. The van der Waals surface area contributed by atoms with Gasteiger partial charge in [0.25, 0.3) is 5.91 Å². The summed E-state index contributed by atoms with van der Waals surface area (Å²) in [6, 6.07) is 17.9. The van der Waals surface area contributed by atoms with E-state index in [0.29, 0.717) is 0 Å². The molecule has 0 bridgehead atoms. The number of imidazole rings is 1. The maximum Gasteiger partial charge on any atom is 0.328 e. The number of carbonyl (C=O) groups is 3. The van der Waals surface area contributed by atoms with Crippen LogP contribution in [0.1, 0.15) is 13.8 Å². The number of likely N-dealkylation sites (N-methyl/N-ethyl adjacent to an activating group) is 4. The van der Waals surface area contributed by atoms with Crippen molar-refractivity contribution in [2.24, 2.45) is 14.1 Å². The molecule has 11 heteroatoms. The van der Waals surface area contributed by atoms with Crippen LogP contribution in [0.25, 0.3) is 11.0 Å². The standard InChI is InChI=1S/C9H10N2O.C8H11N.C7H12N2O2.C5H10N2O/c1-10-7-5-3-4-6-8(7)11(2)9(10)12;1-9(2)8-6-4-3-5-7-8;1-7(2)5(10)8(3)6(11)9(7)4;1-6-3-4-7(2)5(6)8/h3-6H,1-2H3;3-7H,1-2H3;1-4H3;3-4H2,1-2H3. The molecule has 11 nitrogen and oxygen atoms in total. The minimum absolute atomic E-state index is 0.0243. The molecule has 40 heavy (non-hydrogen) atoms. The molecule has 0 spiro atoms. The van der Waals surface area contributed by atoms with Crippen LogP contribution < -0.4 is 10.6 Å². The Balaban J connectivity index is 0.000000189. The molecule has 5 amide bonds. The molecular formula is C29H43N7O4. The van der Waals surface area contributed by atoms with Gasteiger partial charge >= 0.3 is 17.8 Å². The molecule has 2 saturated heterocycles. The summed E-state index contributed by atoms with van der Waals surface area (Å²) < 4.78 is 3.30. The second-order valence-corrected chi connectivity index (χ2v) is 10.5. The fourth-order valence-electron chi connectivity index (χ4n) is 4.08. The van der Waals surface area contributed by atoms with Gasteiger partial charge < -0.3 is 19.6 Å². The second-order valence-electron chi connectivity index (χ2n) is 10.5. The predicted molar refractivity (Wildman–Crippen MR) is 160 cm³/mol. The van der Waals surface area contributed by atoms with Crippen LogP contribution in [-0.4, -0.2) is 108 Å². The fraction of sp³-hybridized carbons (Fsp3) is 0.448. The second kappa shape index (κ2) is 13.2. The lowest BCUT2D eigenvalue weighted by atomic mass is 10.1. The zero-order valence-corrected chi connectivity index (χ0v) is 25.4. The van der Waals surface area contributed by atoms with Gasteiger partial charge in [0.15, 0.2) is 0 Å². The van der Waals surface area contributed by atoms with E-state index in [0.717, 1.165) is 29.0 Å². The number of amides is 5. The average molecular weight is 554 g/mol. The number of hydrogen-bond donors (Lipinski definition) is 0. The van der Waals surface area contributed by atoms with Crippen molar-refractivity contribution in [3.8, 4) is 0 Å². The van der Waals surface area contributed by atoms with Crippen molar-refractivity contribution in [1.29, 1.82) is 0 Å². The maximum absolute atomic E-state index is 11.4. The van der Waals surface area contributed by atoms with Crippen molar-refractivity contribution in [2.45, 2.75) is 19.4 Å². The number of imide groups is 1. The van der Waals surface area contributed by atoms with Crippen molar-refractivity contribution in [3.05, 3.63) is 65.1 Å². The van der Waals surface area contributed by atoms with E-state index >= 15 is 0 Å². The predicted octanol–water partition coefficient (Wildman–Crippen LogP) is 2.90. The Morgan fingerprint density at radius 1 is 0.650 bits per heavy atom. The van der Waals surface area contributed by atoms with Gasteiger partial charge in [-0.05, 0) is 38.1 Å². The summed E-state index contributed by atoms with van der Waals surface area (Å²) in [6.07, 6.45) is 0. The number of para-hydroxylation sites is 3. The highest BCUT2D eigenvalue weighted by molar-refractivity contribution is 6.06. The molecule has 0 saturated carbocycles. The number of fused-ring (bicyclic) bond motifs is 1. The van der Waals surface area contributed by atoms with Crippen molar-refractivity contribution >= 4 is 34.7 Å². The minimum atomic E-state index is -0.675. The molecule has 5 rings (SSSR count). The van der Waals surface area contributed by atoms with Crippen molar-refractivity contribution in [3.63, 3.8) is 0 Å². The van der Waals surface area contributed by atoms with E-state index in [9.17, 15) is 19.2 Å². The molecule has 0 N–H and O–H groups in total. The summed E-state index contributed by atoms with van der Waals surface area (Å²) in [5.74, 6) is -0.148. The van der Waals surface area contributed by atoms with Crippen LogP contribution in [0.3, 0.4) is 0 Å². The van der Waals surface area contributed by atoms with Crippen LogP contribution >= 0.6 is 0 Å². The number of benzene rings is 2. The Morgan fingerprint density at radius 3 is 1.32 bits per heavy atom. The Morgan fingerprint density at radius 2 is 1.07 bits per heavy atom. The van der Waals surface area contributed by atoms with E-state index in [1.165, 1.54) is 17.6 Å². The first kappa shape index (κ1) is 31.9. The molecule has 1 aromatic heterocycles. The Bertz CT molecular complexity index is 1320. The molecular weight excluding hydrogens is 510 g/mol. The van der Waals surface area contributed by atoms with Gasteiger partial charge in [0.2, 0.25) is 0 Å². The number of rotatable bonds is 1. The van der Waals surface area contributed by atoms with Crippen LogP contribution in [0.15, 0.2) is 59.4 Å². The van der Waals surface area contributed by atoms with Crippen LogP contribution in [0.4, 0.5) is 15.3 Å². The summed E-state index contributed by atoms with van der Waals surface area (Å²) in [7, 11) is 14.4. The number of nitrogens with zero attached hydrogens (tertiary/aromatic N) is 7. The zero-order valence-electron chi connectivity index (χ0n) is 25.4. The van der Waals surface area contributed by atoms with Gasteiger partial charge in [-0.3, -0.25) is 18.8 Å². The first-order valence-corrected chi connectivity index (χ1v) is 13.0. The van der Waals surface area contributed by atoms with Crippen LogP contribution in [0.2, 0.25) is 0 Å². The summed E-state index contributed by atoms with van der Waals surface area (Å²) in [6.45, 7) is 5.21. The van der Waals surface area contributed by atoms with E-state index in [1.54, 1.807) is 53.9 Å². The van der Waals surface area contributed by atoms with Gasteiger partial charge in [-0.2, -0.15) is 0 Å². The van der Waals surface area contributed by atoms with Gasteiger partial charge in [0.05, 0.1) is 11.0 Å². The SMILES string of the molecule is CN(C)c1ccccc1.CN1C(=O)N(C)C(C)(C)C1=O.CN1CCN(C)C1=O.Cn1c(=O)n(C)c2ccccc21. The lowest BCUT2D eigenvalue weighted by molar-refractivity contribution is -0.130. The van der Waals surface area contributed by atoms with Crippen LogP contribution in [0, 0.1) is 0 Å². The Hall–Kier alpha value is -4.28. The largest absolute Gasteiger partial charge is 0.378 e. The summed E-state index contributed by atoms with van der Waals surface area (Å²) in [5, 5.41) is 0. The highest BCUT2D eigenvalue weighted by atomic mass is 16.2. The third kappa shape index (κ3) is 7.02. The number of aromatic nitrogens is 2.